The van der Waals surface area contributed by atoms with Crippen LogP contribution in [-0.2, 0) is 16.4 Å². The molecule has 0 N–H and O–H groups in total. The largest absolute Gasteiger partial charge is 0.246 e. The standard InChI is InChI=1S/C15H17ClN2O2S/c1-2-18(12-10-13-7-4-3-5-8-13)21(19,20)14-9-6-11-17-15(14)16/h3-9,11H,2,10,12H2,1H3. The summed E-state index contributed by atoms with van der Waals surface area (Å²) in [5, 5.41) is 0.00987. The van der Waals surface area contributed by atoms with Crippen molar-refractivity contribution < 1.29 is 8.42 Å². The van der Waals surface area contributed by atoms with Crippen LogP contribution in [0.1, 0.15) is 12.5 Å². The van der Waals surface area contributed by atoms with Crippen LogP contribution >= 0.6 is 11.6 Å². The molecule has 0 atom stereocenters. The number of nitrogens with zero attached hydrogens (tertiary/aromatic N) is 2. The van der Waals surface area contributed by atoms with Gasteiger partial charge in [0.2, 0.25) is 10.0 Å². The minimum Gasteiger partial charge on any atom is -0.243 e. The van der Waals surface area contributed by atoms with Crippen molar-refractivity contribution >= 4 is 21.6 Å². The Balaban J connectivity index is 2.19. The molecule has 1 aromatic carbocycles. The van der Waals surface area contributed by atoms with Crippen LogP contribution in [0, 0.1) is 0 Å². The fraction of sp³-hybridized carbons (Fsp3) is 0.267. The number of hydrogen-bond acceptors (Lipinski definition) is 3. The molecular formula is C15H17ClN2O2S. The summed E-state index contributed by atoms with van der Waals surface area (Å²) in [6.45, 7) is 2.61. The first-order chi connectivity index (χ1) is 10.1. The highest BCUT2D eigenvalue weighted by molar-refractivity contribution is 7.89. The van der Waals surface area contributed by atoms with E-state index in [9.17, 15) is 8.42 Å². The number of likely N-dealkylation sites (N-methyl/N-ethyl adjacent to an activating group) is 1. The van der Waals surface area contributed by atoms with Crippen LogP contribution in [0.4, 0.5) is 0 Å². The van der Waals surface area contributed by atoms with Gasteiger partial charge in [-0.25, -0.2) is 13.4 Å². The van der Waals surface area contributed by atoms with Gasteiger partial charge in [0.15, 0.2) is 0 Å². The van der Waals surface area contributed by atoms with Crippen molar-refractivity contribution in [3.8, 4) is 0 Å². The maximum atomic E-state index is 12.6. The van der Waals surface area contributed by atoms with Crippen molar-refractivity contribution in [3.05, 3.63) is 59.4 Å². The third-order valence-corrected chi connectivity index (χ3v) is 5.61. The number of benzene rings is 1. The van der Waals surface area contributed by atoms with Crippen LogP contribution in [0.3, 0.4) is 0 Å². The highest BCUT2D eigenvalue weighted by Gasteiger charge is 2.25. The lowest BCUT2D eigenvalue weighted by molar-refractivity contribution is 0.431. The average Bonchev–Trinajstić information content (AvgIpc) is 2.49. The predicted octanol–water partition coefficient (Wildman–Crippen LogP) is 2.99. The minimum atomic E-state index is -3.61. The van der Waals surface area contributed by atoms with Crippen LogP contribution in [0.15, 0.2) is 53.6 Å². The first-order valence-corrected chi connectivity index (χ1v) is 8.52. The number of rotatable bonds is 6. The summed E-state index contributed by atoms with van der Waals surface area (Å²) >= 11 is 5.91. The summed E-state index contributed by atoms with van der Waals surface area (Å²) in [5.74, 6) is 0. The van der Waals surface area contributed by atoms with E-state index in [-0.39, 0.29) is 10.0 Å². The second-order valence-corrected chi connectivity index (χ2v) is 6.79. The zero-order chi connectivity index (χ0) is 15.3. The van der Waals surface area contributed by atoms with Gasteiger partial charge in [-0.1, -0.05) is 48.9 Å². The van der Waals surface area contributed by atoms with Crippen molar-refractivity contribution in [2.24, 2.45) is 0 Å². The molecule has 1 aromatic heterocycles. The first-order valence-electron chi connectivity index (χ1n) is 6.70. The lowest BCUT2D eigenvalue weighted by Crippen LogP contribution is -2.33. The molecule has 0 spiro atoms. The Morgan fingerprint density at radius 3 is 2.48 bits per heavy atom. The smallest absolute Gasteiger partial charge is 0.243 e. The zero-order valence-electron chi connectivity index (χ0n) is 11.7. The van der Waals surface area contributed by atoms with Crippen LogP contribution in [0.2, 0.25) is 5.15 Å². The minimum absolute atomic E-state index is 0.00987. The normalized spacial score (nSPS) is 11.8. The van der Waals surface area contributed by atoms with Gasteiger partial charge < -0.3 is 0 Å². The Labute approximate surface area is 130 Å². The summed E-state index contributed by atoms with van der Waals surface area (Å²) in [7, 11) is -3.61. The van der Waals surface area contributed by atoms with Gasteiger partial charge in [0.1, 0.15) is 10.0 Å². The van der Waals surface area contributed by atoms with E-state index < -0.39 is 10.0 Å². The lowest BCUT2D eigenvalue weighted by Gasteiger charge is -2.20. The van der Waals surface area contributed by atoms with Gasteiger partial charge >= 0.3 is 0 Å². The molecule has 0 radical (unpaired) electrons. The quantitative estimate of drug-likeness (QED) is 0.767. The topological polar surface area (TPSA) is 50.3 Å². The van der Waals surface area contributed by atoms with Crippen LogP contribution < -0.4 is 0 Å². The van der Waals surface area contributed by atoms with Gasteiger partial charge in [-0.15, -0.1) is 0 Å². The molecule has 2 aromatic rings. The molecule has 0 bridgehead atoms. The maximum absolute atomic E-state index is 12.6. The molecule has 0 saturated carbocycles. The molecule has 4 nitrogen and oxygen atoms in total. The van der Waals surface area contributed by atoms with Crippen molar-refractivity contribution in [2.45, 2.75) is 18.2 Å². The van der Waals surface area contributed by atoms with E-state index in [2.05, 4.69) is 4.98 Å². The van der Waals surface area contributed by atoms with Gasteiger partial charge in [-0.3, -0.25) is 0 Å². The molecule has 0 fully saturated rings. The van der Waals surface area contributed by atoms with Crippen molar-refractivity contribution in [2.75, 3.05) is 13.1 Å². The van der Waals surface area contributed by atoms with Crippen molar-refractivity contribution in [3.63, 3.8) is 0 Å². The second-order valence-electron chi connectivity index (χ2n) is 4.52. The average molecular weight is 325 g/mol. The summed E-state index contributed by atoms with van der Waals surface area (Å²) in [6, 6.07) is 12.8. The molecule has 112 valence electrons. The van der Waals surface area contributed by atoms with Gasteiger partial charge in [0, 0.05) is 19.3 Å². The molecule has 0 unspecified atom stereocenters. The first kappa shape index (κ1) is 15.9. The molecule has 21 heavy (non-hydrogen) atoms. The molecule has 0 amide bonds. The Hall–Kier alpha value is -1.43. The van der Waals surface area contributed by atoms with E-state index in [1.807, 2.05) is 37.3 Å². The molecular weight excluding hydrogens is 308 g/mol. The molecule has 1 heterocycles. The maximum Gasteiger partial charge on any atom is 0.246 e. The summed E-state index contributed by atoms with van der Waals surface area (Å²) < 4.78 is 26.6. The second kappa shape index (κ2) is 7.02. The Kier molecular flexibility index (Phi) is 5.33. The third kappa shape index (κ3) is 3.81. The monoisotopic (exact) mass is 324 g/mol. The fourth-order valence-corrected chi connectivity index (χ4v) is 3.93. The summed E-state index contributed by atoms with van der Waals surface area (Å²) in [5.41, 5.74) is 1.10. The van der Waals surface area contributed by atoms with Crippen LogP contribution in [-0.4, -0.2) is 30.8 Å². The molecule has 0 aliphatic rings. The summed E-state index contributed by atoms with van der Waals surface area (Å²) in [6.07, 6.45) is 2.13. The SMILES string of the molecule is CCN(CCc1ccccc1)S(=O)(=O)c1cccnc1Cl. The van der Waals surface area contributed by atoms with Gasteiger partial charge in [0.25, 0.3) is 0 Å². The Morgan fingerprint density at radius 2 is 1.86 bits per heavy atom. The molecule has 2 rings (SSSR count). The van der Waals surface area contributed by atoms with Gasteiger partial charge in [-0.2, -0.15) is 4.31 Å². The fourth-order valence-electron chi connectivity index (χ4n) is 2.05. The third-order valence-electron chi connectivity index (χ3n) is 3.19. The molecule has 0 aliphatic carbocycles. The number of sulfonamides is 1. The predicted molar refractivity (Wildman–Crippen MR) is 83.8 cm³/mol. The number of aromatic nitrogens is 1. The number of hydrogen-bond donors (Lipinski definition) is 0. The van der Waals surface area contributed by atoms with Crippen molar-refractivity contribution in [1.29, 1.82) is 0 Å². The van der Waals surface area contributed by atoms with Crippen LogP contribution in [0.25, 0.3) is 0 Å². The van der Waals surface area contributed by atoms with E-state index in [1.54, 1.807) is 6.07 Å². The van der Waals surface area contributed by atoms with Gasteiger partial charge in [-0.05, 0) is 24.1 Å². The van der Waals surface area contributed by atoms with E-state index in [1.165, 1.54) is 16.6 Å². The molecule has 6 heteroatoms. The highest BCUT2D eigenvalue weighted by atomic mass is 35.5. The van der Waals surface area contributed by atoms with Crippen LogP contribution in [0.5, 0.6) is 0 Å². The van der Waals surface area contributed by atoms with E-state index >= 15 is 0 Å². The molecule has 0 aliphatic heterocycles. The Bertz CT molecular complexity index is 690. The highest BCUT2D eigenvalue weighted by Crippen LogP contribution is 2.22. The number of halogens is 1. The lowest BCUT2D eigenvalue weighted by atomic mass is 10.1. The zero-order valence-corrected chi connectivity index (χ0v) is 13.3. The van der Waals surface area contributed by atoms with Gasteiger partial charge in [0.05, 0.1) is 0 Å². The van der Waals surface area contributed by atoms with Crippen molar-refractivity contribution in [1.82, 2.24) is 9.29 Å². The molecule has 0 saturated heterocycles. The number of pyridine rings is 1. The van der Waals surface area contributed by atoms with E-state index in [4.69, 9.17) is 11.6 Å². The van der Waals surface area contributed by atoms with E-state index in [0.717, 1.165) is 5.56 Å². The Morgan fingerprint density at radius 1 is 1.14 bits per heavy atom. The summed E-state index contributed by atoms with van der Waals surface area (Å²) in [4.78, 5) is 3.90. The van der Waals surface area contributed by atoms with E-state index in [0.29, 0.717) is 19.5 Å².